The maximum Gasteiger partial charge on any atom is 0.222 e. The van der Waals surface area contributed by atoms with Crippen molar-refractivity contribution in [1.29, 1.82) is 0 Å². The second kappa shape index (κ2) is 8.61. The van der Waals surface area contributed by atoms with Crippen molar-refractivity contribution in [3.8, 4) is 0 Å². The summed E-state index contributed by atoms with van der Waals surface area (Å²) in [7, 11) is 0. The predicted molar refractivity (Wildman–Crippen MR) is 110 cm³/mol. The summed E-state index contributed by atoms with van der Waals surface area (Å²) in [4.78, 5) is 23.6. The topological polar surface area (TPSA) is 46.1 Å². The maximum atomic E-state index is 12.5. The Hall–Kier alpha value is -2.27. The van der Waals surface area contributed by atoms with Crippen LogP contribution in [0, 0.1) is 5.92 Å². The Bertz CT molecular complexity index is 860. The number of hydrogen-bond donors (Lipinski definition) is 0. The molecule has 0 N–H and O–H groups in total. The van der Waals surface area contributed by atoms with E-state index >= 15 is 0 Å². The normalized spacial score (nSPS) is 16.9. The molecular weight excluding hydrogens is 354 g/mol. The molecular formula is C22H25N3OS. The van der Waals surface area contributed by atoms with Gasteiger partial charge in [-0.1, -0.05) is 18.2 Å². The van der Waals surface area contributed by atoms with Crippen molar-refractivity contribution in [2.24, 2.45) is 5.92 Å². The Morgan fingerprint density at radius 2 is 2.04 bits per heavy atom. The molecule has 140 valence electrons. The summed E-state index contributed by atoms with van der Waals surface area (Å²) in [5, 5.41) is 1.18. The van der Waals surface area contributed by atoms with Crippen molar-refractivity contribution in [1.82, 2.24) is 14.9 Å². The smallest absolute Gasteiger partial charge is 0.222 e. The van der Waals surface area contributed by atoms with Gasteiger partial charge >= 0.3 is 0 Å². The second-order valence-electron chi connectivity index (χ2n) is 7.30. The van der Waals surface area contributed by atoms with Crippen LogP contribution >= 0.6 is 11.3 Å². The standard InChI is InChI=1S/C22H25N3OS/c26-22(25-14-12-17(16-25)15-18-7-5-6-13-23-18)11-4-3-10-21-24-19-8-1-2-9-20(19)27-21/h1-2,5-9,13,17H,3-4,10-12,14-16H2. The third kappa shape index (κ3) is 4.72. The molecule has 2 aromatic heterocycles. The number of pyridine rings is 1. The number of carbonyl (C=O) groups is 1. The summed E-state index contributed by atoms with van der Waals surface area (Å²) in [5.74, 6) is 0.856. The van der Waals surface area contributed by atoms with Crippen molar-refractivity contribution in [3.05, 3.63) is 59.4 Å². The van der Waals surface area contributed by atoms with Gasteiger partial charge in [-0.3, -0.25) is 9.78 Å². The molecule has 0 spiro atoms. The molecule has 1 amide bonds. The number of aromatic nitrogens is 2. The molecule has 27 heavy (non-hydrogen) atoms. The van der Waals surface area contributed by atoms with Crippen molar-refractivity contribution < 1.29 is 4.79 Å². The Balaban J connectivity index is 1.18. The minimum atomic E-state index is 0.308. The quantitative estimate of drug-likeness (QED) is 0.568. The molecule has 3 aromatic rings. The highest BCUT2D eigenvalue weighted by Crippen LogP contribution is 2.24. The monoisotopic (exact) mass is 379 g/mol. The fraction of sp³-hybridized carbons (Fsp3) is 0.409. The van der Waals surface area contributed by atoms with Crippen molar-refractivity contribution >= 4 is 27.5 Å². The van der Waals surface area contributed by atoms with E-state index in [9.17, 15) is 4.79 Å². The van der Waals surface area contributed by atoms with Crippen LogP contribution in [0.5, 0.6) is 0 Å². The largest absolute Gasteiger partial charge is 0.342 e. The molecule has 1 fully saturated rings. The van der Waals surface area contributed by atoms with Gasteiger partial charge in [0.2, 0.25) is 5.91 Å². The van der Waals surface area contributed by atoms with Crippen LogP contribution in [0.4, 0.5) is 0 Å². The summed E-state index contributed by atoms with van der Waals surface area (Å²) in [5.41, 5.74) is 2.22. The summed E-state index contributed by atoms with van der Waals surface area (Å²) in [6.07, 6.45) is 7.50. The highest BCUT2D eigenvalue weighted by molar-refractivity contribution is 7.18. The minimum absolute atomic E-state index is 0.308. The zero-order chi connectivity index (χ0) is 18.5. The molecule has 3 heterocycles. The second-order valence-corrected chi connectivity index (χ2v) is 8.42. The zero-order valence-corrected chi connectivity index (χ0v) is 16.3. The van der Waals surface area contributed by atoms with Gasteiger partial charge < -0.3 is 4.90 Å². The third-order valence-electron chi connectivity index (χ3n) is 5.23. The molecule has 4 rings (SSSR count). The average molecular weight is 380 g/mol. The van der Waals surface area contributed by atoms with E-state index in [2.05, 4.69) is 34.2 Å². The lowest BCUT2D eigenvalue weighted by Crippen LogP contribution is -2.28. The number of para-hydroxylation sites is 1. The predicted octanol–water partition coefficient (Wildman–Crippen LogP) is 4.50. The average Bonchev–Trinajstić information content (AvgIpc) is 3.32. The van der Waals surface area contributed by atoms with E-state index < -0.39 is 0 Å². The first-order valence-electron chi connectivity index (χ1n) is 9.80. The van der Waals surface area contributed by atoms with Gasteiger partial charge in [-0.05, 0) is 62.3 Å². The lowest BCUT2D eigenvalue weighted by atomic mass is 10.0. The molecule has 1 aromatic carbocycles. The molecule has 5 heteroatoms. The molecule has 4 nitrogen and oxygen atoms in total. The van der Waals surface area contributed by atoms with Gasteiger partial charge in [0.05, 0.1) is 15.2 Å². The van der Waals surface area contributed by atoms with E-state index in [1.165, 1.54) is 9.71 Å². The number of likely N-dealkylation sites (tertiary alicyclic amines) is 1. The van der Waals surface area contributed by atoms with E-state index in [-0.39, 0.29) is 0 Å². The van der Waals surface area contributed by atoms with Gasteiger partial charge in [-0.2, -0.15) is 0 Å². The molecule has 0 aliphatic carbocycles. The van der Waals surface area contributed by atoms with Gasteiger partial charge in [0, 0.05) is 31.4 Å². The number of carbonyl (C=O) groups excluding carboxylic acids is 1. The van der Waals surface area contributed by atoms with Crippen LogP contribution in [0.3, 0.4) is 0 Å². The lowest BCUT2D eigenvalue weighted by Gasteiger charge is -2.16. The summed E-state index contributed by atoms with van der Waals surface area (Å²) in [6, 6.07) is 14.3. The van der Waals surface area contributed by atoms with Gasteiger partial charge in [0.15, 0.2) is 0 Å². The first-order valence-corrected chi connectivity index (χ1v) is 10.6. The van der Waals surface area contributed by atoms with Gasteiger partial charge in [-0.15, -0.1) is 11.3 Å². The van der Waals surface area contributed by atoms with Crippen LogP contribution < -0.4 is 0 Å². The van der Waals surface area contributed by atoms with Crippen LogP contribution in [0.15, 0.2) is 48.7 Å². The Morgan fingerprint density at radius 3 is 2.89 bits per heavy atom. The van der Waals surface area contributed by atoms with Gasteiger partial charge in [-0.25, -0.2) is 4.98 Å². The van der Waals surface area contributed by atoms with E-state index in [0.29, 0.717) is 18.2 Å². The Kier molecular flexibility index (Phi) is 5.78. The SMILES string of the molecule is O=C(CCCCc1nc2ccccc2s1)N1CCC(Cc2ccccn2)C1. The van der Waals surface area contributed by atoms with Crippen molar-refractivity contribution in [2.75, 3.05) is 13.1 Å². The minimum Gasteiger partial charge on any atom is -0.342 e. The molecule has 1 atom stereocenters. The first-order chi connectivity index (χ1) is 13.3. The third-order valence-corrected chi connectivity index (χ3v) is 6.33. The van der Waals surface area contributed by atoms with Crippen LogP contribution in [-0.2, 0) is 17.6 Å². The number of benzene rings is 1. The Labute approximate surface area is 164 Å². The number of amides is 1. The summed E-state index contributed by atoms with van der Waals surface area (Å²) in [6.45, 7) is 1.78. The number of aryl methyl sites for hydroxylation is 1. The van der Waals surface area contributed by atoms with Crippen LogP contribution in [0.1, 0.15) is 36.4 Å². The molecule has 1 unspecified atom stereocenters. The van der Waals surface area contributed by atoms with E-state index in [4.69, 9.17) is 0 Å². The highest BCUT2D eigenvalue weighted by atomic mass is 32.1. The molecule has 1 saturated heterocycles. The maximum absolute atomic E-state index is 12.5. The zero-order valence-electron chi connectivity index (χ0n) is 15.5. The van der Waals surface area contributed by atoms with Crippen molar-refractivity contribution in [3.63, 3.8) is 0 Å². The van der Waals surface area contributed by atoms with Gasteiger partial charge in [0.25, 0.3) is 0 Å². The Morgan fingerprint density at radius 1 is 1.15 bits per heavy atom. The lowest BCUT2D eigenvalue weighted by molar-refractivity contribution is -0.130. The van der Waals surface area contributed by atoms with Crippen LogP contribution in [0.2, 0.25) is 0 Å². The van der Waals surface area contributed by atoms with Gasteiger partial charge in [0.1, 0.15) is 0 Å². The number of hydrogen-bond acceptors (Lipinski definition) is 4. The molecule has 1 aliphatic rings. The number of fused-ring (bicyclic) bond motifs is 1. The summed E-state index contributed by atoms with van der Waals surface area (Å²) >= 11 is 1.77. The molecule has 0 saturated carbocycles. The molecule has 0 bridgehead atoms. The van der Waals surface area contributed by atoms with Crippen LogP contribution in [0.25, 0.3) is 10.2 Å². The molecule has 1 aliphatic heterocycles. The first kappa shape index (κ1) is 18.1. The fourth-order valence-corrected chi connectivity index (χ4v) is 4.79. The van der Waals surface area contributed by atoms with E-state index in [1.54, 1.807) is 11.3 Å². The van der Waals surface area contributed by atoms with Crippen LogP contribution in [-0.4, -0.2) is 33.9 Å². The number of nitrogens with zero attached hydrogens (tertiary/aromatic N) is 3. The summed E-state index contributed by atoms with van der Waals surface area (Å²) < 4.78 is 1.25. The number of unbranched alkanes of at least 4 members (excludes halogenated alkanes) is 1. The number of thiazole rings is 1. The highest BCUT2D eigenvalue weighted by Gasteiger charge is 2.26. The fourth-order valence-electron chi connectivity index (χ4n) is 3.78. The molecule has 0 radical (unpaired) electrons. The van der Waals surface area contributed by atoms with E-state index in [1.807, 2.05) is 29.3 Å². The van der Waals surface area contributed by atoms with Crippen molar-refractivity contribution in [2.45, 2.75) is 38.5 Å². The number of rotatable bonds is 7. The van der Waals surface area contributed by atoms with E-state index in [0.717, 1.165) is 56.4 Å².